The highest BCUT2D eigenvalue weighted by Gasteiger charge is 2.28. The van der Waals surface area contributed by atoms with Crippen LogP contribution in [0, 0.1) is 11.7 Å². The highest BCUT2D eigenvalue weighted by Crippen LogP contribution is 2.23. The Kier molecular flexibility index (Phi) is 6.57. The standard InChI is InChI=1S/C18H28FN3O2/c19-17-4-2-1-3-15(17)12-24-13-16(23)11-22-9-6-14(7-10-22)18-5-8-20-21-18/h1-4,14,16,18,20-21,23H,5-13H2. The minimum absolute atomic E-state index is 0.201. The van der Waals surface area contributed by atoms with Gasteiger partial charge in [-0.1, -0.05) is 18.2 Å². The maximum atomic E-state index is 13.5. The van der Waals surface area contributed by atoms with Crippen LogP contribution in [0.1, 0.15) is 24.8 Å². The van der Waals surface area contributed by atoms with Gasteiger partial charge in [-0.3, -0.25) is 10.9 Å². The van der Waals surface area contributed by atoms with E-state index in [4.69, 9.17) is 4.74 Å². The van der Waals surface area contributed by atoms with Gasteiger partial charge in [-0.2, -0.15) is 0 Å². The average molecular weight is 337 g/mol. The summed E-state index contributed by atoms with van der Waals surface area (Å²) in [6.45, 7) is 4.16. The number of aliphatic hydroxyl groups is 1. The second-order valence-electron chi connectivity index (χ2n) is 6.86. The van der Waals surface area contributed by atoms with Gasteiger partial charge in [-0.25, -0.2) is 4.39 Å². The SMILES string of the molecule is OC(COCc1ccccc1F)CN1CCC(C2CCNN2)CC1. The van der Waals surface area contributed by atoms with Crippen LogP contribution in [-0.2, 0) is 11.3 Å². The minimum atomic E-state index is -0.528. The summed E-state index contributed by atoms with van der Waals surface area (Å²) in [5.41, 5.74) is 7.10. The quantitative estimate of drug-likeness (QED) is 0.700. The average Bonchev–Trinajstić information content (AvgIpc) is 3.12. The molecule has 3 N–H and O–H groups in total. The molecular formula is C18H28FN3O2. The number of hydrazine groups is 1. The number of aliphatic hydroxyl groups excluding tert-OH is 1. The van der Waals surface area contributed by atoms with Crippen molar-refractivity contribution < 1.29 is 14.2 Å². The molecule has 1 aromatic rings. The zero-order valence-corrected chi connectivity index (χ0v) is 14.1. The fourth-order valence-corrected chi connectivity index (χ4v) is 3.67. The van der Waals surface area contributed by atoms with Gasteiger partial charge in [0.15, 0.2) is 0 Å². The monoisotopic (exact) mass is 337 g/mol. The van der Waals surface area contributed by atoms with Gasteiger partial charge in [-0.15, -0.1) is 0 Å². The number of halogens is 1. The molecule has 2 aliphatic heterocycles. The van der Waals surface area contributed by atoms with Crippen molar-refractivity contribution in [1.82, 2.24) is 15.8 Å². The van der Waals surface area contributed by atoms with Crippen molar-refractivity contribution in [3.8, 4) is 0 Å². The number of piperidine rings is 1. The molecule has 0 bridgehead atoms. The molecule has 0 spiro atoms. The Balaban J connectivity index is 1.32. The fourth-order valence-electron chi connectivity index (χ4n) is 3.67. The molecule has 2 fully saturated rings. The summed E-state index contributed by atoms with van der Waals surface area (Å²) in [6.07, 6.45) is 3.01. The van der Waals surface area contributed by atoms with E-state index in [-0.39, 0.29) is 19.0 Å². The lowest BCUT2D eigenvalue weighted by Gasteiger charge is -2.35. The second-order valence-corrected chi connectivity index (χ2v) is 6.86. The number of nitrogens with zero attached hydrogens (tertiary/aromatic N) is 1. The fraction of sp³-hybridized carbons (Fsp3) is 0.667. The first-order valence-corrected chi connectivity index (χ1v) is 8.92. The maximum Gasteiger partial charge on any atom is 0.128 e. The molecule has 0 aliphatic carbocycles. The van der Waals surface area contributed by atoms with E-state index in [0.717, 1.165) is 25.6 Å². The number of likely N-dealkylation sites (tertiary alicyclic amines) is 1. The first-order chi connectivity index (χ1) is 11.7. The molecule has 0 saturated carbocycles. The second kappa shape index (κ2) is 8.87. The molecule has 6 heteroatoms. The Labute approximate surface area is 143 Å². The number of β-amino-alcohol motifs (C(OH)–C–C–N with tert-alkyl or cyclic N) is 1. The molecule has 2 saturated heterocycles. The summed E-state index contributed by atoms with van der Waals surface area (Å²) in [6, 6.07) is 7.18. The Bertz CT molecular complexity index is 503. The van der Waals surface area contributed by atoms with Crippen LogP contribution in [0.3, 0.4) is 0 Å². The Morgan fingerprint density at radius 1 is 1.25 bits per heavy atom. The molecule has 2 unspecified atom stereocenters. The van der Waals surface area contributed by atoms with E-state index in [1.165, 1.54) is 25.3 Å². The van der Waals surface area contributed by atoms with Crippen LogP contribution >= 0.6 is 0 Å². The maximum absolute atomic E-state index is 13.5. The number of rotatable bonds is 7. The predicted molar refractivity (Wildman–Crippen MR) is 90.8 cm³/mol. The van der Waals surface area contributed by atoms with Gasteiger partial charge in [0.25, 0.3) is 0 Å². The van der Waals surface area contributed by atoms with E-state index in [1.54, 1.807) is 18.2 Å². The minimum Gasteiger partial charge on any atom is -0.389 e. The third kappa shape index (κ3) is 4.97. The molecule has 2 atom stereocenters. The molecule has 2 heterocycles. The third-order valence-corrected chi connectivity index (χ3v) is 5.06. The van der Waals surface area contributed by atoms with Crippen molar-refractivity contribution >= 4 is 0 Å². The summed E-state index contributed by atoms with van der Waals surface area (Å²) in [7, 11) is 0. The summed E-state index contributed by atoms with van der Waals surface area (Å²) in [4.78, 5) is 2.30. The van der Waals surface area contributed by atoms with E-state index < -0.39 is 6.10 Å². The molecule has 24 heavy (non-hydrogen) atoms. The van der Waals surface area contributed by atoms with Crippen molar-refractivity contribution in [2.24, 2.45) is 5.92 Å². The summed E-state index contributed by atoms with van der Waals surface area (Å²) >= 11 is 0. The van der Waals surface area contributed by atoms with E-state index in [9.17, 15) is 9.50 Å². The molecule has 134 valence electrons. The molecule has 2 aliphatic rings. The van der Waals surface area contributed by atoms with Crippen molar-refractivity contribution in [3.05, 3.63) is 35.6 Å². The zero-order valence-electron chi connectivity index (χ0n) is 14.1. The van der Waals surface area contributed by atoms with Gasteiger partial charge < -0.3 is 14.7 Å². The van der Waals surface area contributed by atoms with Gasteiger partial charge >= 0.3 is 0 Å². The van der Waals surface area contributed by atoms with E-state index in [1.807, 2.05) is 0 Å². The number of ether oxygens (including phenoxy) is 1. The number of benzene rings is 1. The van der Waals surface area contributed by atoms with Crippen LogP contribution in [-0.4, -0.2) is 54.9 Å². The van der Waals surface area contributed by atoms with Crippen LogP contribution < -0.4 is 10.9 Å². The highest BCUT2D eigenvalue weighted by molar-refractivity contribution is 5.16. The van der Waals surface area contributed by atoms with Crippen molar-refractivity contribution in [2.75, 3.05) is 32.8 Å². The van der Waals surface area contributed by atoms with Gasteiger partial charge in [0.05, 0.1) is 19.3 Å². The molecular weight excluding hydrogens is 309 g/mol. The summed E-state index contributed by atoms with van der Waals surface area (Å²) in [5, 5.41) is 10.1. The summed E-state index contributed by atoms with van der Waals surface area (Å²) in [5.74, 6) is 0.467. The largest absolute Gasteiger partial charge is 0.389 e. The lowest BCUT2D eigenvalue weighted by atomic mass is 9.88. The van der Waals surface area contributed by atoms with E-state index in [0.29, 0.717) is 18.2 Å². The Morgan fingerprint density at radius 3 is 2.75 bits per heavy atom. The molecule has 1 aromatic carbocycles. The smallest absolute Gasteiger partial charge is 0.128 e. The van der Waals surface area contributed by atoms with Crippen molar-refractivity contribution in [1.29, 1.82) is 0 Å². The lowest BCUT2D eigenvalue weighted by Crippen LogP contribution is -2.45. The highest BCUT2D eigenvalue weighted by atomic mass is 19.1. The molecule has 0 aromatic heterocycles. The Hall–Kier alpha value is -1.05. The first kappa shape index (κ1) is 17.8. The number of hydrogen-bond acceptors (Lipinski definition) is 5. The van der Waals surface area contributed by atoms with Crippen molar-refractivity contribution in [3.63, 3.8) is 0 Å². The molecule has 3 rings (SSSR count). The lowest BCUT2D eigenvalue weighted by molar-refractivity contribution is 0.00283. The van der Waals surface area contributed by atoms with Crippen LogP contribution in [0.25, 0.3) is 0 Å². The van der Waals surface area contributed by atoms with E-state index >= 15 is 0 Å². The van der Waals surface area contributed by atoms with Gasteiger partial charge in [0, 0.05) is 24.7 Å². The topological polar surface area (TPSA) is 56.8 Å². The van der Waals surface area contributed by atoms with E-state index in [2.05, 4.69) is 15.8 Å². The van der Waals surface area contributed by atoms with Gasteiger partial charge in [-0.05, 0) is 44.3 Å². The van der Waals surface area contributed by atoms with Gasteiger partial charge in [0.1, 0.15) is 5.82 Å². The van der Waals surface area contributed by atoms with Crippen LogP contribution in [0.2, 0.25) is 0 Å². The van der Waals surface area contributed by atoms with Crippen LogP contribution in [0.15, 0.2) is 24.3 Å². The molecule has 0 radical (unpaired) electrons. The zero-order chi connectivity index (χ0) is 16.8. The Morgan fingerprint density at radius 2 is 2.04 bits per heavy atom. The molecule has 5 nitrogen and oxygen atoms in total. The van der Waals surface area contributed by atoms with Crippen LogP contribution in [0.5, 0.6) is 0 Å². The number of hydrogen-bond donors (Lipinski definition) is 3. The van der Waals surface area contributed by atoms with Gasteiger partial charge in [0.2, 0.25) is 0 Å². The normalized spacial score (nSPS) is 24.3. The first-order valence-electron chi connectivity index (χ1n) is 8.92. The number of nitrogens with one attached hydrogen (secondary N) is 2. The van der Waals surface area contributed by atoms with Crippen molar-refractivity contribution in [2.45, 2.75) is 38.0 Å². The predicted octanol–water partition coefficient (Wildman–Crippen LogP) is 1.28. The summed E-state index contributed by atoms with van der Waals surface area (Å²) < 4.78 is 19.0. The molecule has 0 amide bonds. The third-order valence-electron chi connectivity index (χ3n) is 5.06. The van der Waals surface area contributed by atoms with Crippen LogP contribution in [0.4, 0.5) is 4.39 Å².